The fourth-order valence-corrected chi connectivity index (χ4v) is 2.56. The standard InChI is InChI=1S/C16H24N2O3/c1-16(2,3)21-15(20)18-10-6-13(7-11-18)14(19)12-4-8-17-9-5-12/h4-5,8-9,13-14,19H,6-7,10-11H2,1-3H3. The maximum Gasteiger partial charge on any atom is 0.410 e. The lowest BCUT2D eigenvalue weighted by atomic mass is 9.88. The monoisotopic (exact) mass is 292 g/mol. The lowest BCUT2D eigenvalue weighted by Crippen LogP contribution is -2.42. The van der Waals surface area contributed by atoms with Gasteiger partial charge in [-0.25, -0.2) is 4.79 Å². The van der Waals surface area contributed by atoms with Gasteiger partial charge in [-0.15, -0.1) is 0 Å². The molecule has 1 fully saturated rings. The van der Waals surface area contributed by atoms with Crippen molar-refractivity contribution >= 4 is 6.09 Å². The van der Waals surface area contributed by atoms with E-state index in [1.54, 1.807) is 17.3 Å². The zero-order valence-corrected chi connectivity index (χ0v) is 13.0. The summed E-state index contributed by atoms with van der Waals surface area (Å²) in [4.78, 5) is 17.7. The highest BCUT2D eigenvalue weighted by Gasteiger charge is 2.30. The Kier molecular flexibility index (Phi) is 4.83. The topological polar surface area (TPSA) is 62.7 Å². The van der Waals surface area contributed by atoms with Crippen LogP contribution < -0.4 is 0 Å². The highest BCUT2D eigenvalue weighted by Crippen LogP contribution is 2.30. The third kappa shape index (κ3) is 4.43. The Labute approximate surface area is 125 Å². The molecule has 21 heavy (non-hydrogen) atoms. The molecule has 1 aromatic heterocycles. The molecule has 1 aromatic rings. The van der Waals surface area contributed by atoms with Gasteiger partial charge in [-0.05, 0) is 57.2 Å². The van der Waals surface area contributed by atoms with Crippen LogP contribution in [0.1, 0.15) is 45.3 Å². The molecule has 0 bridgehead atoms. The molecule has 1 unspecified atom stereocenters. The maximum atomic E-state index is 12.0. The lowest BCUT2D eigenvalue weighted by Gasteiger charge is -2.35. The van der Waals surface area contributed by atoms with E-state index >= 15 is 0 Å². The summed E-state index contributed by atoms with van der Waals surface area (Å²) < 4.78 is 5.37. The average molecular weight is 292 g/mol. The van der Waals surface area contributed by atoms with Crippen molar-refractivity contribution in [3.05, 3.63) is 30.1 Å². The van der Waals surface area contributed by atoms with Gasteiger partial charge in [-0.3, -0.25) is 4.98 Å². The van der Waals surface area contributed by atoms with Crippen LogP contribution in [0.5, 0.6) is 0 Å². The Balaban J connectivity index is 1.87. The fraction of sp³-hybridized carbons (Fsp3) is 0.625. The van der Waals surface area contributed by atoms with Crippen molar-refractivity contribution in [3.8, 4) is 0 Å². The molecule has 0 aliphatic carbocycles. The van der Waals surface area contributed by atoms with E-state index in [-0.39, 0.29) is 12.0 Å². The third-order valence-electron chi connectivity index (χ3n) is 3.69. The first-order valence-corrected chi connectivity index (χ1v) is 7.43. The fourth-order valence-electron chi connectivity index (χ4n) is 2.56. The summed E-state index contributed by atoms with van der Waals surface area (Å²) in [5.41, 5.74) is 0.422. The molecule has 5 nitrogen and oxygen atoms in total. The summed E-state index contributed by atoms with van der Waals surface area (Å²) in [6.07, 6.45) is 4.18. The smallest absolute Gasteiger partial charge is 0.410 e. The van der Waals surface area contributed by atoms with Gasteiger partial charge < -0.3 is 14.7 Å². The van der Waals surface area contributed by atoms with Crippen molar-refractivity contribution in [1.29, 1.82) is 0 Å². The Morgan fingerprint density at radius 2 is 1.90 bits per heavy atom. The van der Waals surface area contributed by atoms with E-state index in [2.05, 4.69) is 4.98 Å². The van der Waals surface area contributed by atoms with Crippen molar-refractivity contribution in [2.24, 2.45) is 5.92 Å². The van der Waals surface area contributed by atoms with Gasteiger partial charge in [0.1, 0.15) is 5.60 Å². The second-order valence-electron chi connectivity index (χ2n) is 6.53. The average Bonchev–Trinajstić information content (AvgIpc) is 2.46. The third-order valence-corrected chi connectivity index (χ3v) is 3.69. The first kappa shape index (κ1) is 15.8. The first-order chi connectivity index (χ1) is 9.87. The molecule has 0 saturated carbocycles. The number of hydrogen-bond donors (Lipinski definition) is 1. The maximum absolute atomic E-state index is 12.0. The molecule has 0 radical (unpaired) electrons. The molecule has 1 aliphatic rings. The summed E-state index contributed by atoms with van der Waals surface area (Å²) in [5, 5.41) is 10.4. The van der Waals surface area contributed by atoms with Gasteiger partial charge in [-0.2, -0.15) is 0 Å². The van der Waals surface area contributed by atoms with E-state index < -0.39 is 11.7 Å². The van der Waals surface area contributed by atoms with Gasteiger partial charge in [0.15, 0.2) is 0 Å². The van der Waals surface area contributed by atoms with Crippen LogP contribution in [0.3, 0.4) is 0 Å². The molecule has 2 rings (SSSR count). The van der Waals surface area contributed by atoms with Gasteiger partial charge >= 0.3 is 6.09 Å². The molecule has 1 aliphatic heterocycles. The highest BCUT2D eigenvalue weighted by molar-refractivity contribution is 5.68. The van der Waals surface area contributed by atoms with Crippen LogP contribution in [0.4, 0.5) is 4.79 Å². The number of rotatable bonds is 2. The summed E-state index contributed by atoms with van der Waals surface area (Å²) >= 11 is 0. The second kappa shape index (κ2) is 6.43. The van der Waals surface area contributed by atoms with Crippen LogP contribution in [0.2, 0.25) is 0 Å². The van der Waals surface area contributed by atoms with Crippen molar-refractivity contribution in [3.63, 3.8) is 0 Å². The minimum atomic E-state index is -0.492. The molecule has 1 atom stereocenters. The van der Waals surface area contributed by atoms with Gasteiger partial charge in [0.2, 0.25) is 0 Å². The quantitative estimate of drug-likeness (QED) is 0.910. The molecule has 1 amide bonds. The Bertz CT molecular complexity index is 462. The SMILES string of the molecule is CC(C)(C)OC(=O)N1CCC(C(O)c2ccncc2)CC1. The van der Waals surface area contributed by atoms with Gasteiger partial charge in [0.05, 0.1) is 6.10 Å². The Morgan fingerprint density at radius 3 is 2.43 bits per heavy atom. The number of ether oxygens (including phenoxy) is 1. The van der Waals surface area contributed by atoms with E-state index in [1.165, 1.54) is 0 Å². The zero-order chi connectivity index (χ0) is 15.5. The normalized spacial score (nSPS) is 18.4. The van der Waals surface area contributed by atoms with E-state index in [1.807, 2.05) is 32.9 Å². The number of amides is 1. The minimum Gasteiger partial charge on any atom is -0.444 e. The number of likely N-dealkylation sites (tertiary alicyclic amines) is 1. The predicted octanol–water partition coefficient (Wildman–Crippen LogP) is 2.76. The van der Waals surface area contributed by atoms with E-state index in [9.17, 15) is 9.90 Å². The summed E-state index contributed by atoms with van der Waals surface area (Å²) in [7, 11) is 0. The summed E-state index contributed by atoms with van der Waals surface area (Å²) in [6.45, 7) is 6.85. The number of nitrogens with zero attached hydrogens (tertiary/aromatic N) is 2. The predicted molar refractivity (Wildman–Crippen MR) is 79.7 cm³/mol. The molecule has 1 saturated heterocycles. The largest absolute Gasteiger partial charge is 0.444 e. The van der Waals surface area contributed by atoms with Crippen LogP contribution in [-0.4, -0.2) is 39.8 Å². The van der Waals surface area contributed by atoms with Crippen LogP contribution >= 0.6 is 0 Å². The molecule has 0 aromatic carbocycles. The van der Waals surface area contributed by atoms with Crippen molar-refractivity contribution in [1.82, 2.24) is 9.88 Å². The second-order valence-corrected chi connectivity index (χ2v) is 6.53. The summed E-state index contributed by atoms with van der Waals surface area (Å²) in [6, 6.07) is 3.68. The summed E-state index contributed by atoms with van der Waals surface area (Å²) in [5.74, 6) is 0.172. The van der Waals surface area contributed by atoms with Crippen molar-refractivity contribution < 1.29 is 14.6 Å². The van der Waals surface area contributed by atoms with Crippen LogP contribution in [0, 0.1) is 5.92 Å². The van der Waals surface area contributed by atoms with Gasteiger partial charge in [0.25, 0.3) is 0 Å². The number of carbonyl (C=O) groups is 1. The van der Waals surface area contributed by atoms with Gasteiger partial charge in [0, 0.05) is 25.5 Å². The molecule has 1 N–H and O–H groups in total. The molecule has 0 spiro atoms. The number of aromatic nitrogens is 1. The van der Waals surface area contributed by atoms with Crippen LogP contribution in [0.15, 0.2) is 24.5 Å². The number of pyridine rings is 1. The highest BCUT2D eigenvalue weighted by atomic mass is 16.6. The number of carbonyl (C=O) groups excluding carboxylic acids is 1. The van der Waals surface area contributed by atoms with Crippen molar-refractivity contribution in [2.45, 2.75) is 45.3 Å². The molecule has 5 heteroatoms. The molecule has 2 heterocycles. The van der Waals surface area contributed by atoms with Crippen molar-refractivity contribution in [2.75, 3.05) is 13.1 Å². The minimum absolute atomic E-state index is 0.172. The van der Waals surface area contributed by atoms with E-state index in [0.717, 1.165) is 18.4 Å². The van der Waals surface area contributed by atoms with Crippen LogP contribution in [0.25, 0.3) is 0 Å². The first-order valence-electron chi connectivity index (χ1n) is 7.43. The van der Waals surface area contributed by atoms with Crippen LogP contribution in [-0.2, 0) is 4.74 Å². The van der Waals surface area contributed by atoms with E-state index in [0.29, 0.717) is 13.1 Å². The Morgan fingerprint density at radius 1 is 1.33 bits per heavy atom. The number of aliphatic hydroxyl groups is 1. The lowest BCUT2D eigenvalue weighted by molar-refractivity contribution is 0.00766. The molecular formula is C16H24N2O3. The molecular weight excluding hydrogens is 268 g/mol. The van der Waals surface area contributed by atoms with Gasteiger partial charge in [-0.1, -0.05) is 0 Å². The molecule has 116 valence electrons. The number of aliphatic hydroxyl groups excluding tert-OH is 1. The van der Waals surface area contributed by atoms with E-state index in [4.69, 9.17) is 4.74 Å². The zero-order valence-electron chi connectivity index (χ0n) is 13.0. The number of hydrogen-bond acceptors (Lipinski definition) is 4. The number of piperidine rings is 1. The Hall–Kier alpha value is -1.62.